The molecule has 7 nitrogen and oxygen atoms in total. The van der Waals surface area contributed by atoms with E-state index in [0.29, 0.717) is 4.88 Å². The number of carbonyl (C=O) groups is 3. The molecular formula is C10H13N3O4S. The minimum absolute atomic E-state index is 0.209. The maximum Gasteiger partial charge on any atom is 0.331 e. The standard InChI is InChI=1S/C10H13N3O4S/c1-11-7(14)5-12-10(17)13-8(9(15)16)6-3-2-4-18-6/h2-4,8H,5H2,1H3,(H,11,14)(H,15,16)(H2,12,13,17). The molecule has 0 aliphatic rings. The fraction of sp³-hybridized carbons (Fsp3) is 0.300. The largest absolute Gasteiger partial charge is 0.479 e. The fourth-order valence-corrected chi connectivity index (χ4v) is 1.91. The summed E-state index contributed by atoms with van der Waals surface area (Å²) in [5.74, 6) is -1.53. The molecule has 1 rings (SSSR count). The number of carbonyl (C=O) groups excluding carboxylic acids is 2. The molecule has 0 aliphatic heterocycles. The van der Waals surface area contributed by atoms with Gasteiger partial charge in [0.1, 0.15) is 0 Å². The Morgan fingerprint density at radius 3 is 2.67 bits per heavy atom. The molecule has 0 fully saturated rings. The summed E-state index contributed by atoms with van der Waals surface area (Å²) in [5.41, 5.74) is 0. The smallest absolute Gasteiger partial charge is 0.331 e. The van der Waals surface area contributed by atoms with Crippen molar-refractivity contribution in [1.82, 2.24) is 16.0 Å². The van der Waals surface area contributed by atoms with Crippen LogP contribution in [0.5, 0.6) is 0 Å². The second-order valence-corrected chi connectivity index (χ2v) is 4.27. The number of carboxylic acid groups (broad SMARTS) is 1. The number of carboxylic acids is 1. The van der Waals surface area contributed by atoms with Crippen LogP contribution in [-0.2, 0) is 9.59 Å². The van der Waals surface area contributed by atoms with Crippen molar-refractivity contribution in [2.24, 2.45) is 0 Å². The quantitative estimate of drug-likeness (QED) is 0.600. The van der Waals surface area contributed by atoms with Crippen molar-refractivity contribution in [3.8, 4) is 0 Å². The number of amides is 3. The lowest BCUT2D eigenvalue weighted by Gasteiger charge is -2.13. The Morgan fingerprint density at radius 2 is 2.17 bits per heavy atom. The van der Waals surface area contributed by atoms with E-state index >= 15 is 0 Å². The summed E-state index contributed by atoms with van der Waals surface area (Å²) in [7, 11) is 1.44. The van der Waals surface area contributed by atoms with Crippen molar-refractivity contribution in [1.29, 1.82) is 0 Å². The molecule has 0 aliphatic carbocycles. The van der Waals surface area contributed by atoms with E-state index in [1.165, 1.54) is 18.4 Å². The first-order valence-corrected chi connectivity index (χ1v) is 5.93. The number of urea groups is 1. The number of likely N-dealkylation sites (N-methyl/N-ethyl adjacent to an activating group) is 1. The first-order valence-electron chi connectivity index (χ1n) is 5.05. The zero-order valence-electron chi connectivity index (χ0n) is 9.60. The van der Waals surface area contributed by atoms with Crippen LogP contribution in [0.4, 0.5) is 4.79 Å². The van der Waals surface area contributed by atoms with Gasteiger partial charge in [-0.3, -0.25) is 4.79 Å². The van der Waals surface area contributed by atoms with Crippen LogP contribution in [0.3, 0.4) is 0 Å². The number of nitrogens with one attached hydrogen (secondary N) is 3. The average molecular weight is 271 g/mol. The van der Waals surface area contributed by atoms with Gasteiger partial charge in [-0.05, 0) is 11.4 Å². The monoisotopic (exact) mass is 271 g/mol. The molecule has 0 aromatic carbocycles. The van der Waals surface area contributed by atoms with E-state index in [4.69, 9.17) is 5.11 Å². The Morgan fingerprint density at radius 1 is 1.44 bits per heavy atom. The van der Waals surface area contributed by atoms with Crippen molar-refractivity contribution in [2.45, 2.75) is 6.04 Å². The molecule has 0 bridgehead atoms. The first-order chi connectivity index (χ1) is 8.54. The lowest BCUT2D eigenvalue weighted by Crippen LogP contribution is -2.44. The van der Waals surface area contributed by atoms with Crippen LogP contribution < -0.4 is 16.0 Å². The molecule has 0 saturated heterocycles. The molecule has 1 atom stereocenters. The maximum absolute atomic E-state index is 11.4. The van der Waals surface area contributed by atoms with E-state index in [0.717, 1.165) is 0 Å². The summed E-state index contributed by atoms with van der Waals surface area (Å²) in [6.45, 7) is -0.209. The summed E-state index contributed by atoms with van der Waals surface area (Å²) in [6, 6.07) is 1.48. The minimum atomic E-state index is -1.16. The van der Waals surface area contributed by atoms with E-state index < -0.39 is 18.0 Å². The van der Waals surface area contributed by atoms with Gasteiger partial charge < -0.3 is 21.1 Å². The van der Waals surface area contributed by atoms with Gasteiger partial charge >= 0.3 is 12.0 Å². The van der Waals surface area contributed by atoms with Crippen molar-refractivity contribution >= 4 is 29.2 Å². The molecule has 4 N–H and O–H groups in total. The number of thiophene rings is 1. The fourth-order valence-electron chi connectivity index (χ4n) is 1.14. The molecule has 18 heavy (non-hydrogen) atoms. The summed E-state index contributed by atoms with van der Waals surface area (Å²) in [5, 5.41) is 17.6. The number of hydrogen-bond donors (Lipinski definition) is 4. The highest BCUT2D eigenvalue weighted by Gasteiger charge is 2.22. The normalized spacial score (nSPS) is 11.4. The van der Waals surface area contributed by atoms with Gasteiger partial charge in [0.2, 0.25) is 5.91 Å². The summed E-state index contributed by atoms with van der Waals surface area (Å²) in [6.07, 6.45) is 0. The van der Waals surface area contributed by atoms with Crippen LogP contribution in [0.25, 0.3) is 0 Å². The molecular weight excluding hydrogens is 258 g/mol. The SMILES string of the molecule is CNC(=O)CNC(=O)NC(C(=O)O)c1cccs1. The van der Waals surface area contributed by atoms with Gasteiger partial charge in [0.15, 0.2) is 6.04 Å². The molecule has 0 spiro atoms. The van der Waals surface area contributed by atoms with Crippen LogP contribution in [0.15, 0.2) is 17.5 Å². The topological polar surface area (TPSA) is 108 Å². The second-order valence-electron chi connectivity index (χ2n) is 3.29. The number of rotatable bonds is 5. The number of aliphatic carboxylic acids is 1. The lowest BCUT2D eigenvalue weighted by atomic mass is 10.2. The highest BCUT2D eigenvalue weighted by Crippen LogP contribution is 2.18. The Kier molecular flexibility index (Phi) is 5.12. The summed E-state index contributed by atoms with van der Waals surface area (Å²) < 4.78 is 0. The maximum atomic E-state index is 11.4. The molecule has 1 aromatic heterocycles. The Labute approximate surface area is 107 Å². The molecule has 0 radical (unpaired) electrons. The number of hydrogen-bond acceptors (Lipinski definition) is 4. The predicted molar refractivity (Wildman–Crippen MR) is 65.3 cm³/mol. The van der Waals surface area contributed by atoms with Crippen LogP contribution in [-0.4, -0.2) is 36.6 Å². The van der Waals surface area contributed by atoms with Crippen LogP contribution in [0.2, 0.25) is 0 Å². The van der Waals surface area contributed by atoms with Gasteiger partial charge in [0.05, 0.1) is 6.54 Å². The van der Waals surface area contributed by atoms with Crippen molar-refractivity contribution < 1.29 is 19.5 Å². The van der Waals surface area contributed by atoms with E-state index in [1.54, 1.807) is 17.5 Å². The predicted octanol–water partition coefficient (Wildman–Crippen LogP) is -0.0810. The van der Waals surface area contributed by atoms with Gasteiger partial charge in [-0.25, -0.2) is 9.59 Å². The van der Waals surface area contributed by atoms with Gasteiger partial charge in [-0.15, -0.1) is 11.3 Å². The Bertz CT molecular complexity index is 432. The van der Waals surface area contributed by atoms with Crippen molar-refractivity contribution in [3.63, 3.8) is 0 Å². The van der Waals surface area contributed by atoms with Crippen LogP contribution in [0.1, 0.15) is 10.9 Å². The van der Waals surface area contributed by atoms with Crippen LogP contribution in [0, 0.1) is 0 Å². The molecule has 98 valence electrons. The van der Waals surface area contributed by atoms with E-state index in [1.807, 2.05) is 0 Å². The molecule has 8 heteroatoms. The van der Waals surface area contributed by atoms with E-state index in [9.17, 15) is 14.4 Å². The molecule has 1 unspecified atom stereocenters. The van der Waals surface area contributed by atoms with Crippen molar-refractivity contribution in [3.05, 3.63) is 22.4 Å². The third kappa shape index (κ3) is 4.06. The highest BCUT2D eigenvalue weighted by molar-refractivity contribution is 7.10. The third-order valence-electron chi connectivity index (χ3n) is 2.04. The second kappa shape index (κ2) is 6.60. The van der Waals surface area contributed by atoms with Gasteiger partial charge in [-0.2, -0.15) is 0 Å². The molecule has 1 aromatic rings. The van der Waals surface area contributed by atoms with Gasteiger partial charge in [0, 0.05) is 11.9 Å². The Hall–Kier alpha value is -2.09. The summed E-state index contributed by atoms with van der Waals surface area (Å²) >= 11 is 1.23. The molecule has 0 saturated carbocycles. The zero-order chi connectivity index (χ0) is 13.5. The van der Waals surface area contributed by atoms with Crippen LogP contribution >= 0.6 is 11.3 Å². The molecule has 1 heterocycles. The highest BCUT2D eigenvalue weighted by atomic mass is 32.1. The average Bonchev–Trinajstić information content (AvgIpc) is 2.86. The van der Waals surface area contributed by atoms with Gasteiger partial charge in [0.25, 0.3) is 0 Å². The first kappa shape index (κ1) is 14.0. The summed E-state index contributed by atoms with van der Waals surface area (Å²) in [4.78, 5) is 33.8. The zero-order valence-corrected chi connectivity index (χ0v) is 10.4. The minimum Gasteiger partial charge on any atom is -0.479 e. The Balaban J connectivity index is 2.55. The molecule has 3 amide bonds. The third-order valence-corrected chi connectivity index (χ3v) is 2.98. The lowest BCUT2D eigenvalue weighted by molar-refractivity contribution is -0.139. The van der Waals surface area contributed by atoms with Gasteiger partial charge in [-0.1, -0.05) is 6.07 Å². The van der Waals surface area contributed by atoms with E-state index in [-0.39, 0.29) is 12.5 Å². The van der Waals surface area contributed by atoms with E-state index in [2.05, 4.69) is 16.0 Å². The van der Waals surface area contributed by atoms with Crippen molar-refractivity contribution in [2.75, 3.05) is 13.6 Å².